The van der Waals surface area contributed by atoms with E-state index in [4.69, 9.17) is 5.73 Å². The SMILES string of the molecule is CCCc1nccn1-c1ccc(CC(C)N)cc1F. The van der Waals surface area contributed by atoms with Crippen molar-refractivity contribution in [2.45, 2.75) is 39.2 Å². The van der Waals surface area contributed by atoms with Crippen LogP contribution in [0.1, 0.15) is 31.7 Å². The number of hydrogen-bond donors (Lipinski definition) is 1. The minimum absolute atomic E-state index is 0.0362. The van der Waals surface area contributed by atoms with Gasteiger partial charge in [-0.3, -0.25) is 0 Å². The number of nitrogens with zero attached hydrogens (tertiary/aromatic N) is 2. The lowest BCUT2D eigenvalue weighted by Crippen LogP contribution is -2.18. The number of aromatic nitrogens is 2. The van der Waals surface area contributed by atoms with Crippen LogP contribution in [0.25, 0.3) is 5.69 Å². The molecule has 0 aliphatic carbocycles. The summed E-state index contributed by atoms with van der Waals surface area (Å²) in [5.74, 6) is 0.662. The van der Waals surface area contributed by atoms with Gasteiger partial charge < -0.3 is 10.3 Å². The van der Waals surface area contributed by atoms with Gasteiger partial charge in [0.2, 0.25) is 0 Å². The molecule has 0 aliphatic rings. The summed E-state index contributed by atoms with van der Waals surface area (Å²) < 4.78 is 16.0. The van der Waals surface area contributed by atoms with Crippen LogP contribution in [-0.2, 0) is 12.8 Å². The molecule has 2 rings (SSSR count). The van der Waals surface area contributed by atoms with Crippen LogP contribution in [-0.4, -0.2) is 15.6 Å². The van der Waals surface area contributed by atoms with Crippen LogP contribution in [0.5, 0.6) is 0 Å². The molecule has 2 N–H and O–H groups in total. The number of nitrogens with two attached hydrogens (primary N) is 1. The van der Waals surface area contributed by atoms with E-state index < -0.39 is 0 Å². The molecule has 1 heterocycles. The van der Waals surface area contributed by atoms with Crippen LogP contribution in [0.2, 0.25) is 0 Å². The van der Waals surface area contributed by atoms with Crippen molar-refractivity contribution in [1.82, 2.24) is 9.55 Å². The zero-order chi connectivity index (χ0) is 13.8. The summed E-state index contributed by atoms with van der Waals surface area (Å²) in [7, 11) is 0. The van der Waals surface area contributed by atoms with Gasteiger partial charge in [0.1, 0.15) is 11.6 Å². The Morgan fingerprint density at radius 1 is 1.42 bits per heavy atom. The molecule has 0 bridgehead atoms. The third-order valence-electron chi connectivity index (χ3n) is 3.02. The van der Waals surface area contributed by atoms with Crippen molar-refractivity contribution in [1.29, 1.82) is 0 Å². The molecule has 0 spiro atoms. The highest BCUT2D eigenvalue weighted by Gasteiger charge is 2.10. The van der Waals surface area contributed by atoms with Crippen LogP contribution in [0.15, 0.2) is 30.6 Å². The highest BCUT2D eigenvalue weighted by atomic mass is 19.1. The molecule has 1 atom stereocenters. The van der Waals surface area contributed by atoms with Gasteiger partial charge in [-0.05, 0) is 37.5 Å². The van der Waals surface area contributed by atoms with Gasteiger partial charge >= 0.3 is 0 Å². The number of benzene rings is 1. The predicted octanol–water partition coefficient (Wildman–Crippen LogP) is 2.85. The maximum atomic E-state index is 14.2. The second-order valence-corrected chi connectivity index (χ2v) is 4.93. The molecule has 19 heavy (non-hydrogen) atoms. The fourth-order valence-electron chi connectivity index (χ4n) is 2.21. The Balaban J connectivity index is 2.32. The molecule has 4 heteroatoms. The van der Waals surface area contributed by atoms with E-state index in [0.717, 1.165) is 24.2 Å². The smallest absolute Gasteiger partial charge is 0.147 e. The van der Waals surface area contributed by atoms with Crippen molar-refractivity contribution in [2.24, 2.45) is 5.73 Å². The first kappa shape index (κ1) is 13.7. The second kappa shape index (κ2) is 5.97. The summed E-state index contributed by atoms with van der Waals surface area (Å²) in [4.78, 5) is 4.27. The first-order valence-corrected chi connectivity index (χ1v) is 6.68. The van der Waals surface area contributed by atoms with Crippen LogP contribution < -0.4 is 5.73 Å². The molecule has 1 aromatic carbocycles. The molecule has 3 nitrogen and oxygen atoms in total. The Morgan fingerprint density at radius 3 is 2.84 bits per heavy atom. The fraction of sp³-hybridized carbons (Fsp3) is 0.400. The van der Waals surface area contributed by atoms with E-state index in [1.807, 2.05) is 17.6 Å². The van der Waals surface area contributed by atoms with Crippen LogP contribution in [0, 0.1) is 5.82 Å². The Hall–Kier alpha value is -1.68. The number of hydrogen-bond acceptors (Lipinski definition) is 2. The first-order valence-electron chi connectivity index (χ1n) is 6.68. The minimum atomic E-state index is -0.228. The summed E-state index contributed by atoms with van der Waals surface area (Å²) in [6.45, 7) is 4.00. The molecule has 0 saturated carbocycles. The molecule has 2 aromatic rings. The molecule has 0 amide bonds. The Labute approximate surface area is 113 Å². The van der Waals surface area contributed by atoms with E-state index in [1.54, 1.807) is 24.5 Å². The summed E-state index contributed by atoms with van der Waals surface area (Å²) in [5, 5.41) is 0. The topological polar surface area (TPSA) is 43.8 Å². The molecule has 102 valence electrons. The molecular formula is C15H20FN3. The fourth-order valence-corrected chi connectivity index (χ4v) is 2.21. The van der Waals surface area contributed by atoms with E-state index in [2.05, 4.69) is 11.9 Å². The van der Waals surface area contributed by atoms with Crippen molar-refractivity contribution >= 4 is 0 Å². The van der Waals surface area contributed by atoms with Gasteiger partial charge in [0, 0.05) is 24.9 Å². The third-order valence-corrected chi connectivity index (χ3v) is 3.02. The van der Waals surface area contributed by atoms with Gasteiger partial charge in [-0.25, -0.2) is 9.37 Å². The van der Waals surface area contributed by atoms with E-state index in [9.17, 15) is 4.39 Å². The van der Waals surface area contributed by atoms with E-state index in [0.29, 0.717) is 12.1 Å². The van der Waals surface area contributed by atoms with E-state index in [-0.39, 0.29) is 11.9 Å². The van der Waals surface area contributed by atoms with Gasteiger partial charge in [-0.1, -0.05) is 13.0 Å². The lowest BCUT2D eigenvalue weighted by molar-refractivity contribution is 0.609. The summed E-state index contributed by atoms with van der Waals surface area (Å²) in [6, 6.07) is 5.33. The maximum Gasteiger partial charge on any atom is 0.147 e. The van der Waals surface area contributed by atoms with Crippen molar-refractivity contribution in [2.75, 3.05) is 0 Å². The quantitative estimate of drug-likeness (QED) is 0.899. The zero-order valence-corrected chi connectivity index (χ0v) is 11.4. The molecule has 0 aliphatic heterocycles. The monoisotopic (exact) mass is 261 g/mol. The van der Waals surface area contributed by atoms with Crippen molar-refractivity contribution in [3.63, 3.8) is 0 Å². The number of rotatable bonds is 5. The maximum absolute atomic E-state index is 14.2. The van der Waals surface area contributed by atoms with Gasteiger partial charge in [-0.15, -0.1) is 0 Å². The number of imidazole rings is 1. The average Bonchev–Trinajstić information content (AvgIpc) is 2.77. The molecule has 0 fully saturated rings. The Kier molecular flexibility index (Phi) is 4.32. The standard InChI is InChI=1S/C15H20FN3/c1-3-4-15-18-7-8-19(15)14-6-5-12(9-11(2)17)10-13(14)16/h5-8,10-11H,3-4,9,17H2,1-2H3. The van der Waals surface area contributed by atoms with Crippen molar-refractivity contribution < 1.29 is 4.39 Å². The average molecular weight is 261 g/mol. The number of halogens is 1. The van der Waals surface area contributed by atoms with Crippen molar-refractivity contribution in [3.8, 4) is 5.69 Å². The Morgan fingerprint density at radius 2 is 2.21 bits per heavy atom. The lowest BCUT2D eigenvalue weighted by atomic mass is 10.1. The van der Waals surface area contributed by atoms with Gasteiger partial charge in [0.25, 0.3) is 0 Å². The van der Waals surface area contributed by atoms with E-state index >= 15 is 0 Å². The highest BCUT2D eigenvalue weighted by molar-refractivity contribution is 5.38. The lowest BCUT2D eigenvalue weighted by Gasteiger charge is -2.11. The summed E-state index contributed by atoms with van der Waals surface area (Å²) >= 11 is 0. The minimum Gasteiger partial charge on any atom is -0.328 e. The second-order valence-electron chi connectivity index (χ2n) is 4.93. The first-order chi connectivity index (χ1) is 9.11. The summed E-state index contributed by atoms with van der Waals surface area (Å²) in [6.07, 6.45) is 6.02. The van der Waals surface area contributed by atoms with Crippen LogP contribution >= 0.6 is 0 Å². The Bertz CT molecular complexity index is 546. The van der Waals surface area contributed by atoms with Gasteiger partial charge in [-0.2, -0.15) is 0 Å². The van der Waals surface area contributed by atoms with Gasteiger partial charge in [0.05, 0.1) is 5.69 Å². The molecule has 0 radical (unpaired) electrons. The van der Waals surface area contributed by atoms with Crippen LogP contribution in [0.3, 0.4) is 0 Å². The predicted molar refractivity (Wildman–Crippen MR) is 74.9 cm³/mol. The normalized spacial score (nSPS) is 12.6. The molecule has 1 unspecified atom stereocenters. The zero-order valence-electron chi connectivity index (χ0n) is 11.4. The largest absolute Gasteiger partial charge is 0.328 e. The summed E-state index contributed by atoms with van der Waals surface area (Å²) in [5.41, 5.74) is 7.21. The molecular weight excluding hydrogens is 241 g/mol. The third kappa shape index (κ3) is 3.20. The number of aryl methyl sites for hydroxylation is 1. The van der Waals surface area contributed by atoms with Crippen molar-refractivity contribution in [3.05, 3.63) is 47.8 Å². The van der Waals surface area contributed by atoms with E-state index in [1.165, 1.54) is 0 Å². The van der Waals surface area contributed by atoms with Crippen LogP contribution in [0.4, 0.5) is 4.39 Å². The van der Waals surface area contributed by atoms with Gasteiger partial charge in [0.15, 0.2) is 0 Å². The molecule has 1 aromatic heterocycles. The highest BCUT2D eigenvalue weighted by Crippen LogP contribution is 2.18. The molecule has 0 saturated heterocycles.